The summed E-state index contributed by atoms with van der Waals surface area (Å²) in [5, 5.41) is -0.556. The molecule has 0 amide bonds. The lowest BCUT2D eigenvalue weighted by atomic mass is 10.1. The van der Waals surface area contributed by atoms with Gasteiger partial charge in [-0.3, -0.25) is 0 Å². The Balaban J connectivity index is 2.67. The van der Waals surface area contributed by atoms with Crippen LogP contribution in [0.15, 0.2) is 24.3 Å². The first kappa shape index (κ1) is 13.7. The normalized spacial score (nSPS) is 11.7. The highest BCUT2D eigenvalue weighted by atomic mass is 35.5. The summed E-state index contributed by atoms with van der Waals surface area (Å²) < 4.78 is 64.4. The van der Waals surface area contributed by atoms with Gasteiger partial charge in [0.2, 0.25) is 5.82 Å². The summed E-state index contributed by atoms with van der Waals surface area (Å²) in [6.45, 7) is 0. The Morgan fingerprint density at radius 1 is 1.00 bits per heavy atom. The van der Waals surface area contributed by atoms with E-state index in [9.17, 15) is 22.0 Å². The molecule has 1 aromatic carbocycles. The van der Waals surface area contributed by atoms with Crippen LogP contribution in [0.3, 0.4) is 0 Å². The summed E-state index contributed by atoms with van der Waals surface area (Å²) in [4.78, 5) is 6.07. The second kappa shape index (κ2) is 4.73. The second-order valence-electron chi connectivity index (χ2n) is 3.49. The maximum Gasteiger partial charge on any atom is 0.451 e. The number of halogens is 6. The molecular weight excluding hydrogens is 291 g/mol. The van der Waals surface area contributed by atoms with E-state index >= 15 is 0 Å². The minimum atomic E-state index is -4.86. The maximum atomic E-state index is 13.5. The van der Waals surface area contributed by atoms with E-state index in [-0.39, 0.29) is 0 Å². The van der Waals surface area contributed by atoms with Gasteiger partial charge in [-0.05, 0) is 12.1 Å². The average Bonchev–Trinajstić information content (AvgIpc) is 2.26. The number of aromatic nitrogens is 2. The van der Waals surface area contributed by atoms with Crippen molar-refractivity contribution in [1.29, 1.82) is 0 Å². The fraction of sp³-hybridized carbons (Fsp3) is 0.0909. The molecule has 0 atom stereocenters. The fourth-order valence-electron chi connectivity index (χ4n) is 1.41. The number of hydrogen-bond acceptors (Lipinski definition) is 2. The van der Waals surface area contributed by atoms with Crippen molar-refractivity contribution in [3.05, 3.63) is 46.9 Å². The van der Waals surface area contributed by atoms with Crippen LogP contribution in [0.5, 0.6) is 0 Å². The predicted molar refractivity (Wildman–Crippen MR) is 57.4 cm³/mol. The molecule has 0 saturated carbocycles. The Morgan fingerprint density at radius 2 is 1.58 bits per heavy atom. The molecule has 2 aromatic rings. The third-order valence-electron chi connectivity index (χ3n) is 2.17. The van der Waals surface area contributed by atoms with E-state index in [1.807, 2.05) is 0 Å². The zero-order valence-corrected chi connectivity index (χ0v) is 9.73. The van der Waals surface area contributed by atoms with Gasteiger partial charge >= 0.3 is 6.18 Å². The lowest BCUT2D eigenvalue weighted by Gasteiger charge is -2.09. The lowest BCUT2D eigenvalue weighted by molar-refractivity contribution is -0.144. The first-order valence-electron chi connectivity index (χ1n) is 4.85. The predicted octanol–water partition coefficient (Wildman–Crippen LogP) is 4.09. The summed E-state index contributed by atoms with van der Waals surface area (Å²) in [5.41, 5.74) is -1.25. The number of alkyl halides is 3. The molecule has 0 bridgehead atoms. The Hall–Kier alpha value is -1.76. The molecule has 0 spiro atoms. The number of hydrogen-bond donors (Lipinski definition) is 0. The molecule has 0 N–H and O–H groups in total. The first-order valence-corrected chi connectivity index (χ1v) is 5.23. The zero-order valence-electron chi connectivity index (χ0n) is 8.97. The van der Waals surface area contributed by atoms with Crippen LogP contribution in [0.25, 0.3) is 11.3 Å². The van der Waals surface area contributed by atoms with Crippen LogP contribution < -0.4 is 0 Å². The molecule has 1 heterocycles. The van der Waals surface area contributed by atoms with Crippen LogP contribution >= 0.6 is 11.6 Å². The molecule has 0 aliphatic carbocycles. The van der Waals surface area contributed by atoms with Gasteiger partial charge in [0.05, 0.1) is 11.3 Å². The summed E-state index contributed by atoms with van der Waals surface area (Å²) in [7, 11) is 0. The highest BCUT2D eigenvalue weighted by Crippen LogP contribution is 2.31. The van der Waals surface area contributed by atoms with E-state index in [0.717, 1.165) is 24.3 Å². The van der Waals surface area contributed by atoms with Gasteiger partial charge in [-0.25, -0.2) is 18.7 Å². The van der Waals surface area contributed by atoms with Crippen molar-refractivity contribution in [2.24, 2.45) is 0 Å². The van der Waals surface area contributed by atoms with Gasteiger partial charge in [0.1, 0.15) is 16.8 Å². The zero-order chi connectivity index (χ0) is 14.2. The summed E-state index contributed by atoms with van der Waals surface area (Å²) in [6.07, 6.45) is -4.86. The Bertz CT molecular complexity index is 607. The van der Waals surface area contributed by atoms with Gasteiger partial charge in [-0.15, -0.1) is 0 Å². The molecule has 0 saturated heterocycles. The van der Waals surface area contributed by atoms with E-state index in [2.05, 4.69) is 9.97 Å². The Kier molecular flexibility index (Phi) is 3.40. The molecule has 2 rings (SSSR count). The highest BCUT2D eigenvalue weighted by molar-refractivity contribution is 6.29. The van der Waals surface area contributed by atoms with Crippen molar-refractivity contribution in [2.45, 2.75) is 6.18 Å². The Morgan fingerprint density at radius 3 is 2.11 bits per heavy atom. The van der Waals surface area contributed by atoms with Gasteiger partial charge in [0, 0.05) is 6.07 Å². The summed E-state index contributed by atoms with van der Waals surface area (Å²) in [5.74, 6) is -3.64. The van der Waals surface area contributed by atoms with E-state index in [0.29, 0.717) is 0 Å². The standard InChI is InChI=1S/C11H4ClF5N2/c12-8-4-7(18-10(19-8)11(15,16)17)9-5(13)2-1-3-6(9)14/h1-4H. The fourth-order valence-corrected chi connectivity index (χ4v) is 1.60. The number of nitrogens with zero attached hydrogens (tertiary/aromatic N) is 2. The minimum absolute atomic E-state index is 0.556. The second-order valence-corrected chi connectivity index (χ2v) is 3.88. The molecule has 8 heteroatoms. The van der Waals surface area contributed by atoms with Crippen molar-refractivity contribution in [3.63, 3.8) is 0 Å². The first-order chi connectivity index (χ1) is 8.79. The molecule has 1 aromatic heterocycles. The highest BCUT2D eigenvalue weighted by Gasteiger charge is 2.35. The van der Waals surface area contributed by atoms with E-state index in [1.54, 1.807) is 0 Å². The molecule has 0 aliphatic heterocycles. The third kappa shape index (κ3) is 2.81. The molecule has 0 radical (unpaired) electrons. The SMILES string of the molecule is Fc1cccc(F)c1-c1cc(Cl)nc(C(F)(F)F)n1. The molecule has 0 unspecified atom stereocenters. The Labute approximate surface area is 108 Å². The van der Waals surface area contributed by atoms with Gasteiger partial charge in [0.25, 0.3) is 0 Å². The van der Waals surface area contributed by atoms with Crippen molar-refractivity contribution >= 4 is 11.6 Å². The van der Waals surface area contributed by atoms with Gasteiger partial charge in [0.15, 0.2) is 0 Å². The topological polar surface area (TPSA) is 25.8 Å². The number of rotatable bonds is 1. The summed E-state index contributed by atoms with van der Waals surface area (Å²) >= 11 is 5.41. The monoisotopic (exact) mass is 294 g/mol. The van der Waals surface area contributed by atoms with Crippen LogP contribution in [0.4, 0.5) is 22.0 Å². The van der Waals surface area contributed by atoms with E-state index < -0.39 is 40.0 Å². The van der Waals surface area contributed by atoms with Crippen molar-refractivity contribution in [3.8, 4) is 11.3 Å². The van der Waals surface area contributed by atoms with E-state index in [4.69, 9.17) is 11.6 Å². The molecule has 0 aliphatic rings. The van der Waals surface area contributed by atoms with E-state index in [1.165, 1.54) is 0 Å². The van der Waals surface area contributed by atoms with Gasteiger partial charge in [-0.1, -0.05) is 17.7 Å². The van der Waals surface area contributed by atoms with Crippen molar-refractivity contribution < 1.29 is 22.0 Å². The average molecular weight is 295 g/mol. The van der Waals surface area contributed by atoms with Crippen LogP contribution in [-0.2, 0) is 6.18 Å². The smallest absolute Gasteiger partial charge is 0.224 e. The quantitative estimate of drug-likeness (QED) is 0.585. The van der Waals surface area contributed by atoms with Gasteiger partial charge in [-0.2, -0.15) is 13.2 Å². The van der Waals surface area contributed by atoms with Crippen LogP contribution in [-0.4, -0.2) is 9.97 Å². The molecule has 19 heavy (non-hydrogen) atoms. The number of benzene rings is 1. The largest absolute Gasteiger partial charge is 0.451 e. The third-order valence-corrected chi connectivity index (χ3v) is 2.36. The maximum absolute atomic E-state index is 13.5. The minimum Gasteiger partial charge on any atom is -0.224 e. The van der Waals surface area contributed by atoms with Crippen LogP contribution in [0.1, 0.15) is 5.82 Å². The van der Waals surface area contributed by atoms with Crippen molar-refractivity contribution in [1.82, 2.24) is 9.97 Å². The molecule has 0 fully saturated rings. The van der Waals surface area contributed by atoms with Crippen LogP contribution in [0.2, 0.25) is 5.15 Å². The van der Waals surface area contributed by atoms with Crippen molar-refractivity contribution in [2.75, 3.05) is 0 Å². The van der Waals surface area contributed by atoms with Crippen LogP contribution in [0, 0.1) is 11.6 Å². The lowest BCUT2D eigenvalue weighted by Crippen LogP contribution is -2.12. The molecule has 2 nitrogen and oxygen atoms in total. The van der Waals surface area contributed by atoms with Gasteiger partial charge < -0.3 is 0 Å². The summed E-state index contributed by atoms with van der Waals surface area (Å²) in [6, 6.07) is 3.75. The molecular formula is C11H4ClF5N2. The molecule has 100 valence electrons.